The van der Waals surface area contributed by atoms with Crippen LogP contribution in [0.15, 0.2) is 29.2 Å². The summed E-state index contributed by atoms with van der Waals surface area (Å²) in [6.45, 7) is 1.01. The van der Waals surface area contributed by atoms with Gasteiger partial charge in [-0.05, 0) is 24.6 Å². The monoisotopic (exact) mass is 297 g/mol. The number of nitrogens with two attached hydrogens (primary N) is 1. The number of amides is 2. The molecule has 1 aliphatic heterocycles. The maximum Gasteiger partial charge on any atom is 0.244 e. The molecule has 1 aromatic rings. The summed E-state index contributed by atoms with van der Waals surface area (Å²) in [6.07, 6.45) is 0. The molecule has 1 aromatic carbocycles. The van der Waals surface area contributed by atoms with Crippen LogP contribution in [0.1, 0.15) is 18.5 Å². The Labute approximate surface area is 116 Å². The number of nitrogens with zero attached hydrogens (tertiary/aromatic N) is 1. The molecular formula is C12H15N3O4S. The molecule has 8 heteroatoms. The van der Waals surface area contributed by atoms with E-state index in [-0.39, 0.29) is 24.0 Å². The number of hydrogen-bond acceptors (Lipinski definition) is 5. The molecule has 0 spiro atoms. The van der Waals surface area contributed by atoms with Gasteiger partial charge in [-0.2, -0.15) is 4.31 Å². The van der Waals surface area contributed by atoms with Crippen LogP contribution in [0.3, 0.4) is 0 Å². The van der Waals surface area contributed by atoms with Crippen molar-refractivity contribution in [1.29, 1.82) is 0 Å². The Bertz CT molecular complexity index is 638. The summed E-state index contributed by atoms with van der Waals surface area (Å²) in [4.78, 5) is 22.6. The molecule has 20 heavy (non-hydrogen) atoms. The summed E-state index contributed by atoms with van der Waals surface area (Å²) in [5, 5.41) is 2.06. The maximum atomic E-state index is 12.4. The molecule has 3 N–H and O–H groups in total. The van der Waals surface area contributed by atoms with E-state index in [0.717, 1.165) is 4.31 Å². The third-order valence-electron chi connectivity index (χ3n) is 2.94. The number of nitrogens with one attached hydrogen (secondary N) is 1. The van der Waals surface area contributed by atoms with E-state index in [1.807, 2.05) is 0 Å². The van der Waals surface area contributed by atoms with Crippen LogP contribution >= 0.6 is 0 Å². The Morgan fingerprint density at radius 3 is 2.40 bits per heavy atom. The van der Waals surface area contributed by atoms with E-state index in [2.05, 4.69) is 5.32 Å². The molecule has 1 heterocycles. The predicted octanol–water partition coefficient (Wildman–Crippen LogP) is -0.647. The maximum absolute atomic E-state index is 12.4. The molecule has 108 valence electrons. The van der Waals surface area contributed by atoms with E-state index in [9.17, 15) is 18.0 Å². The lowest BCUT2D eigenvalue weighted by Gasteiger charge is -2.25. The van der Waals surface area contributed by atoms with E-state index in [4.69, 9.17) is 5.73 Å². The summed E-state index contributed by atoms with van der Waals surface area (Å²) < 4.78 is 25.7. The van der Waals surface area contributed by atoms with Gasteiger partial charge in [-0.3, -0.25) is 14.9 Å². The molecule has 1 saturated heterocycles. The Balaban J connectivity index is 2.37. The van der Waals surface area contributed by atoms with Crippen LogP contribution in [-0.2, 0) is 19.6 Å². The zero-order valence-electron chi connectivity index (χ0n) is 10.9. The highest BCUT2D eigenvalue weighted by atomic mass is 32.2. The summed E-state index contributed by atoms with van der Waals surface area (Å²) >= 11 is 0. The van der Waals surface area contributed by atoms with Gasteiger partial charge in [0.15, 0.2) is 0 Å². The summed E-state index contributed by atoms with van der Waals surface area (Å²) in [6, 6.07) is 5.86. The second kappa shape index (κ2) is 5.31. The van der Waals surface area contributed by atoms with Crippen molar-refractivity contribution in [3.63, 3.8) is 0 Å². The van der Waals surface area contributed by atoms with Crippen LogP contribution in [-0.4, -0.2) is 37.6 Å². The highest BCUT2D eigenvalue weighted by molar-refractivity contribution is 7.89. The van der Waals surface area contributed by atoms with Gasteiger partial charge in [-0.1, -0.05) is 12.1 Å². The molecule has 0 aromatic heterocycles. The van der Waals surface area contributed by atoms with Gasteiger partial charge in [-0.15, -0.1) is 0 Å². The van der Waals surface area contributed by atoms with Crippen molar-refractivity contribution < 1.29 is 18.0 Å². The van der Waals surface area contributed by atoms with Gasteiger partial charge in [0.05, 0.1) is 18.0 Å². The van der Waals surface area contributed by atoms with Gasteiger partial charge >= 0.3 is 0 Å². The third-order valence-corrected chi connectivity index (χ3v) is 4.73. The molecule has 1 unspecified atom stereocenters. The quantitative estimate of drug-likeness (QED) is 0.721. The number of imide groups is 1. The second-order valence-electron chi connectivity index (χ2n) is 4.61. The lowest BCUT2D eigenvalue weighted by Crippen LogP contribution is -2.53. The Hall–Kier alpha value is -1.77. The zero-order chi connectivity index (χ0) is 14.9. The normalized spacial score (nSPS) is 18.7. The first-order valence-electron chi connectivity index (χ1n) is 5.99. The summed E-state index contributed by atoms with van der Waals surface area (Å²) in [5.41, 5.74) is 6.39. The van der Waals surface area contributed by atoms with Crippen molar-refractivity contribution in [3.05, 3.63) is 29.8 Å². The highest BCUT2D eigenvalue weighted by Crippen LogP contribution is 2.20. The Kier molecular flexibility index (Phi) is 3.89. The number of sulfonamides is 1. The Morgan fingerprint density at radius 1 is 1.25 bits per heavy atom. The highest BCUT2D eigenvalue weighted by Gasteiger charge is 2.32. The van der Waals surface area contributed by atoms with Gasteiger partial charge in [0.2, 0.25) is 21.8 Å². The smallest absolute Gasteiger partial charge is 0.244 e. The fourth-order valence-electron chi connectivity index (χ4n) is 1.89. The number of carbonyl (C=O) groups excluding carboxylic acids is 2. The first kappa shape index (κ1) is 14.6. The predicted molar refractivity (Wildman–Crippen MR) is 71.0 cm³/mol. The van der Waals surface area contributed by atoms with Gasteiger partial charge in [-0.25, -0.2) is 8.42 Å². The van der Waals surface area contributed by atoms with Crippen LogP contribution in [0, 0.1) is 0 Å². The van der Waals surface area contributed by atoms with Crippen molar-refractivity contribution in [3.8, 4) is 0 Å². The number of hydrogen-bond donors (Lipinski definition) is 2. The molecule has 0 bridgehead atoms. The fraction of sp³-hybridized carbons (Fsp3) is 0.333. The molecule has 1 fully saturated rings. The summed E-state index contributed by atoms with van der Waals surface area (Å²) in [7, 11) is -3.89. The average Bonchev–Trinajstić information content (AvgIpc) is 2.37. The van der Waals surface area contributed by atoms with Crippen LogP contribution in [0.4, 0.5) is 0 Å². The van der Waals surface area contributed by atoms with Crippen LogP contribution in [0.25, 0.3) is 0 Å². The van der Waals surface area contributed by atoms with Gasteiger partial charge < -0.3 is 5.73 Å². The van der Waals surface area contributed by atoms with Crippen molar-refractivity contribution >= 4 is 21.8 Å². The minimum Gasteiger partial charge on any atom is -0.324 e. The molecule has 0 aliphatic carbocycles. The number of rotatable bonds is 3. The van der Waals surface area contributed by atoms with E-state index in [1.165, 1.54) is 12.1 Å². The molecule has 7 nitrogen and oxygen atoms in total. The summed E-state index contributed by atoms with van der Waals surface area (Å²) in [5.74, 6) is -1.26. The van der Waals surface area contributed by atoms with Crippen molar-refractivity contribution in [2.24, 2.45) is 5.73 Å². The molecular weight excluding hydrogens is 282 g/mol. The van der Waals surface area contributed by atoms with Gasteiger partial charge in [0.25, 0.3) is 0 Å². The average molecular weight is 297 g/mol. The lowest BCUT2D eigenvalue weighted by molar-refractivity contribution is -0.134. The third kappa shape index (κ3) is 2.87. The number of carbonyl (C=O) groups is 2. The minimum absolute atomic E-state index is 0.0230. The number of piperazine rings is 1. The van der Waals surface area contributed by atoms with Crippen molar-refractivity contribution in [2.75, 3.05) is 13.1 Å². The molecule has 1 aliphatic rings. The van der Waals surface area contributed by atoms with E-state index in [1.54, 1.807) is 19.1 Å². The molecule has 2 rings (SSSR count). The van der Waals surface area contributed by atoms with E-state index < -0.39 is 21.8 Å². The first-order chi connectivity index (χ1) is 9.30. The fourth-order valence-corrected chi connectivity index (χ4v) is 3.30. The topological polar surface area (TPSA) is 110 Å². The molecule has 0 saturated carbocycles. The first-order valence-corrected chi connectivity index (χ1v) is 7.43. The van der Waals surface area contributed by atoms with Gasteiger partial charge in [0.1, 0.15) is 0 Å². The SMILES string of the molecule is CC(N)c1cccc(S(=O)(=O)N2CC(=O)NC(=O)C2)c1. The Morgan fingerprint density at radius 2 is 1.85 bits per heavy atom. The molecule has 1 atom stereocenters. The van der Waals surface area contributed by atoms with Crippen LogP contribution in [0.5, 0.6) is 0 Å². The van der Waals surface area contributed by atoms with Gasteiger partial charge in [0, 0.05) is 6.04 Å². The molecule has 2 amide bonds. The second-order valence-corrected chi connectivity index (χ2v) is 6.54. The van der Waals surface area contributed by atoms with Crippen molar-refractivity contribution in [2.45, 2.75) is 17.9 Å². The minimum atomic E-state index is -3.89. The van der Waals surface area contributed by atoms with E-state index >= 15 is 0 Å². The standard InChI is InChI=1S/C12H15N3O4S/c1-8(13)9-3-2-4-10(5-9)20(18,19)15-6-11(16)14-12(17)7-15/h2-5,8H,6-7,13H2,1H3,(H,14,16,17). The van der Waals surface area contributed by atoms with Crippen LogP contribution < -0.4 is 11.1 Å². The number of benzene rings is 1. The zero-order valence-corrected chi connectivity index (χ0v) is 11.7. The van der Waals surface area contributed by atoms with E-state index in [0.29, 0.717) is 5.56 Å². The largest absolute Gasteiger partial charge is 0.324 e. The van der Waals surface area contributed by atoms with Crippen molar-refractivity contribution in [1.82, 2.24) is 9.62 Å². The molecule has 0 radical (unpaired) electrons. The lowest BCUT2D eigenvalue weighted by atomic mass is 10.1. The van der Waals surface area contributed by atoms with Crippen LogP contribution in [0.2, 0.25) is 0 Å².